The molecule has 0 saturated heterocycles. The lowest BCUT2D eigenvalue weighted by Crippen LogP contribution is -2.24. The van der Waals surface area contributed by atoms with Crippen molar-refractivity contribution in [2.24, 2.45) is 5.92 Å². The molecule has 28 heavy (non-hydrogen) atoms. The van der Waals surface area contributed by atoms with Crippen molar-refractivity contribution in [1.29, 1.82) is 0 Å². The number of aromatic nitrogens is 1. The van der Waals surface area contributed by atoms with Gasteiger partial charge in [0.1, 0.15) is 17.4 Å². The number of benzene rings is 2. The van der Waals surface area contributed by atoms with Crippen molar-refractivity contribution in [2.75, 3.05) is 13.2 Å². The fraction of sp³-hybridized carbons (Fsp3) is 0.348. The van der Waals surface area contributed by atoms with Gasteiger partial charge < -0.3 is 9.84 Å². The average Bonchev–Trinajstić information content (AvgIpc) is 3.07. The number of nitrogens with zero attached hydrogens (tertiary/aromatic N) is 2. The molecule has 4 rings (SSSR count). The second-order valence-corrected chi connectivity index (χ2v) is 8.73. The molecule has 1 aliphatic rings. The highest BCUT2D eigenvalue weighted by molar-refractivity contribution is 7.15. The number of ether oxygens (including phenoxy) is 1. The number of thiazole rings is 1. The van der Waals surface area contributed by atoms with Gasteiger partial charge in [-0.3, -0.25) is 4.90 Å². The van der Waals surface area contributed by atoms with Crippen LogP contribution in [-0.2, 0) is 13.1 Å². The summed E-state index contributed by atoms with van der Waals surface area (Å²) >= 11 is 1.75. The number of hydrogen-bond acceptors (Lipinski definition) is 5. The topological polar surface area (TPSA) is 45.6 Å². The Labute approximate surface area is 170 Å². The number of aliphatic hydroxyl groups is 1. The molecule has 0 fully saturated rings. The zero-order valence-corrected chi connectivity index (χ0v) is 17.2. The molecule has 2 aromatic carbocycles. The molecule has 1 unspecified atom stereocenters. The predicted molar refractivity (Wildman–Crippen MR) is 113 cm³/mol. The van der Waals surface area contributed by atoms with E-state index < -0.39 is 6.10 Å². The van der Waals surface area contributed by atoms with Crippen LogP contribution >= 0.6 is 11.3 Å². The van der Waals surface area contributed by atoms with Crippen LogP contribution in [0.2, 0.25) is 0 Å². The SMILES string of the molecule is CC(C)C(O)c1ccc2c(c1)CN(Cc1cnc(-c3ccccc3)s1)CCO2. The summed E-state index contributed by atoms with van der Waals surface area (Å²) in [7, 11) is 0. The maximum absolute atomic E-state index is 10.4. The molecule has 1 aliphatic heterocycles. The number of fused-ring (bicyclic) bond motifs is 1. The standard InChI is InChI=1S/C23H26N2O2S/c1-16(2)22(26)18-8-9-21-19(12-18)14-25(10-11-27-21)15-20-13-24-23(28-20)17-6-4-3-5-7-17/h3-9,12-13,16,22,26H,10-11,14-15H2,1-2H3. The Kier molecular flexibility index (Phi) is 5.76. The first-order valence-electron chi connectivity index (χ1n) is 9.76. The van der Waals surface area contributed by atoms with Crippen molar-refractivity contribution in [3.63, 3.8) is 0 Å². The third-order valence-corrected chi connectivity index (χ3v) is 6.10. The van der Waals surface area contributed by atoms with E-state index in [-0.39, 0.29) is 5.92 Å². The molecule has 4 nitrogen and oxygen atoms in total. The molecule has 0 radical (unpaired) electrons. The summed E-state index contributed by atoms with van der Waals surface area (Å²) in [5.41, 5.74) is 3.27. The highest BCUT2D eigenvalue weighted by Gasteiger charge is 2.20. The van der Waals surface area contributed by atoms with Gasteiger partial charge in [0.25, 0.3) is 0 Å². The third kappa shape index (κ3) is 4.27. The molecule has 3 aromatic rings. The smallest absolute Gasteiger partial charge is 0.123 e. The lowest BCUT2D eigenvalue weighted by Gasteiger charge is -2.19. The van der Waals surface area contributed by atoms with Gasteiger partial charge in [0.2, 0.25) is 0 Å². The molecule has 1 N–H and O–H groups in total. The second-order valence-electron chi connectivity index (χ2n) is 7.61. The summed E-state index contributed by atoms with van der Waals surface area (Å²) in [5.74, 6) is 1.12. The highest BCUT2D eigenvalue weighted by atomic mass is 32.1. The molecule has 0 spiro atoms. The first-order chi connectivity index (χ1) is 13.6. The molecular formula is C23H26N2O2S. The molecule has 1 aromatic heterocycles. The minimum Gasteiger partial charge on any atom is -0.492 e. The van der Waals surface area contributed by atoms with Gasteiger partial charge in [0.05, 0.1) is 6.10 Å². The Bertz CT molecular complexity index is 923. The molecule has 0 saturated carbocycles. The van der Waals surface area contributed by atoms with Crippen molar-refractivity contribution in [2.45, 2.75) is 33.0 Å². The van der Waals surface area contributed by atoms with Gasteiger partial charge in [0.15, 0.2) is 0 Å². The summed E-state index contributed by atoms with van der Waals surface area (Å²) < 4.78 is 5.95. The number of rotatable bonds is 5. The number of aliphatic hydroxyl groups excluding tert-OH is 1. The quantitative estimate of drug-likeness (QED) is 0.669. The first-order valence-corrected chi connectivity index (χ1v) is 10.6. The van der Waals surface area contributed by atoms with Crippen LogP contribution in [-0.4, -0.2) is 28.1 Å². The van der Waals surface area contributed by atoms with E-state index in [1.165, 1.54) is 4.88 Å². The Balaban J connectivity index is 1.50. The van der Waals surface area contributed by atoms with Crippen LogP contribution in [0.25, 0.3) is 10.6 Å². The molecule has 2 heterocycles. The zero-order chi connectivity index (χ0) is 19.5. The van der Waals surface area contributed by atoms with Crippen LogP contribution in [0, 0.1) is 5.92 Å². The normalized spacial score (nSPS) is 15.7. The highest BCUT2D eigenvalue weighted by Crippen LogP contribution is 2.31. The van der Waals surface area contributed by atoms with Crippen molar-refractivity contribution < 1.29 is 9.84 Å². The maximum Gasteiger partial charge on any atom is 0.123 e. The fourth-order valence-corrected chi connectivity index (χ4v) is 4.45. The van der Waals surface area contributed by atoms with E-state index in [1.54, 1.807) is 11.3 Å². The summed E-state index contributed by atoms with van der Waals surface area (Å²) in [6.07, 6.45) is 1.54. The predicted octanol–water partition coefficient (Wildman–Crippen LogP) is 4.89. The molecule has 0 bridgehead atoms. The third-order valence-electron chi connectivity index (χ3n) is 5.07. The Morgan fingerprint density at radius 2 is 2.00 bits per heavy atom. The Hall–Kier alpha value is -2.21. The first kappa shape index (κ1) is 19.1. The molecular weight excluding hydrogens is 368 g/mol. The van der Waals surface area contributed by atoms with Crippen molar-refractivity contribution in [3.8, 4) is 16.3 Å². The maximum atomic E-state index is 10.4. The van der Waals surface area contributed by atoms with Gasteiger partial charge in [-0.25, -0.2) is 4.98 Å². The van der Waals surface area contributed by atoms with Gasteiger partial charge >= 0.3 is 0 Å². The van der Waals surface area contributed by atoms with Crippen LogP contribution in [0.15, 0.2) is 54.7 Å². The van der Waals surface area contributed by atoms with Gasteiger partial charge in [-0.2, -0.15) is 0 Å². The van der Waals surface area contributed by atoms with E-state index in [4.69, 9.17) is 4.74 Å². The number of hydrogen-bond donors (Lipinski definition) is 1. The van der Waals surface area contributed by atoms with Gasteiger partial charge in [-0.15, -0.1) is 11.3 Å². The lowest BCUT2D eigenvalue weighted by atomic mass is 9.97. The molecule has 0 amide bonds. The van der Waals surface area contributed by atoms with Crippen LogP contribution in [0.3, 0.4) is 0 Å². The van der Waals surface area contributed by atoms with Gasteiger partial charge in [-0.05, 0) is 23.6 Å². The minimum absolute atomic E-state index is 0.189. The fourth-order valence-electron chi connectivity index (χ4n) is 3.49. The molecule has 0 aliphatic carbocycles. The molecule has 146 valence electrons. The average molecular weight is 395 g/mol. The van der Waals surface area contributed by atoms with E-state index in [0.29, 0.717) is 6.61 Å². The van der Waals surface area contributed by atoms with Crippen LogP contribution in [0.4, 0.5) is 0 Å². The van der Waals surface area contributed by atoms with E-state index in [0.717, 1.165) is 47.1 Å². The van der Waals surface area contributed by atoms with Crippen LogP contribution < -0.4 is 4.74 Å². The molecule has 5 heteroatoms. The summed E-state index contributed by atoms with van der Waals surface area (Å²) in [6.45, 7) is 7.27. The van der Waals surface area contributed by atoms with Crippen LogP contribution in [0.1, 0.15) is 36.0 Å². The van der Waals surface area contributed by atoms with E-state index in [2.05, 4.69) is 28.1 Å². The zero-order valence-electron chi connectivity index (χ0n) is 16.3. The van der Waals surface area contributed by atoms with E-state index in [9.17, 15) is 5.11 Å². The summed E-state index contributed by atoms with van der Waals surface area (Å²) in [6, 6.07) is 16.4. The molecule has 1 atom stereocenters. The van der Waals surface area contributed by atoms with E-state index >= 15 is 0 Å². The van der Waals surface area contributed by atoms with Crippen LogP contribution in [0.5, 0.6) is 5.75 Å². The Morgan fingerprint density at radius 3 is 2.79 bits per heavy atom. The largest absolute Gasteiger partial charge is 0.492 e. The Morgan fingerprint density at radius 1 is 1.18 bits per heavy atom. The lowest BCUT2D eigenvalue weighted by molar-refractivity contribution is 0.126. The van der Waals surface area contributed by atoms with Crippen molar-refractivity contribution in [1.82, 2.24) is 9.88 Å². The monoisotopic (exact) mass is 394 g/mol. The summed E-state index contributed by atoms with van der Waals surface area (Å²) in [5, 5.41) is 11.5. The van der Waals surface area contributed by atoms with E-state index in [1.807, 2.05) is 50.4 Å². The van der Waals surface area contributed by atoms with Gasteiger partial charge in [0, 0.05) is 41.8 Å². The minimum atomic E-state index is -0.447. The van der Waals surface area contributed by atoms with Crippen molar-refractivity contribution >= 4 is 11.3 Å². The second kappa shape index (κ2) is 8.43. The van der Waals surface area contributed by atoms with Crippen molar-refractivity contribution in [3.05, 3.63) is 70.7 Å². The summed E-state index contributed by atoms with van der Waals surface area (Å²) in [4.78, 5) is 8.24. The van der Waals surface area contributed by atoms with Gasteiger partial charge in [-0.1, -0.05) is 50.2 Å².